The maximum absolute atomic E-state index is 13.3. The second-order valence-corrected chi connectivity index (χ2v) is 8.33. The quantitative estimate of drug-likeness (QED) is 0.616. The van der Waals surface area contributed by atoms with Crippen molar-refractivity contribution >= 4 is 23.0 Å². The Labute approximate surface area is 186 Å². The molecule has 1 aromatic carbocycles. The van der Waals surface area contributed by atoms with Gasteiger partial charge in [-0.2, -0.15) is 0 Å². The molecule has 166 valence electrons. The van der Waals surface area contributed by atoms with Crippen molar-refractivity contribution in [3.63, 3.8) is 0 Å². The topological polar surface area (TPSA) is 80.6 Å². The van der Waals surface area contributed by atoms with Gasteiger partial charge in [-0.25, -0.2) is 9.97 Å². The Kier molecular flexibility index (Phi) is 5.85. The monoisotopic (exact) mass is 433 g/mol. The van der Waals surface area contributed by atoms with Crippen molar-refractivity contribution in [1.82, 2.24) is 24.3 Å². The summed E-state index contributed by atoms with van der Waals surface area (Å²) in [4.78, 5) is 38.8. The molecule has 8 heteroatoms. The Bertz CT molecular complexity index is 1110. The molecule has 4 heterocycles. The van der Waals surface area contributed by atoms with E-state index in [2.05, 4.69) is 22.1 Å². The average molecular weight is 434 g/mol. The number of hydrogen-bond acceptors (Lipinski definition) is 5. The molecule has 2 saturated heterocycles. The van der Waals surface area contributed by atoms with Crippen LogP contribution in [-0.4, -0.2) is 75.0 Å². The molecule has 2 fully saturated rings. The highest BCUT2D eigenvalue weighted by atomic mass is 16.5. The fourth-order valence-electron chi connectivity index (χ4n) is 4.55. The minimum atomic E-state index is -0.403. The number of carbonyl (C=O) groups is 2. The summed E-state index contributed by atoms with van der Waals surface area (Å²) in [6, 6.07) is 11.7. The van der Waals surface area contributed by atoms with Crippen LogP contribution in [0.1, 0.15) is 28.8 Å². The van der Waals surface area contributed by atoms with Crippen LogP contribution in [0.15, 0.2) is 48.9 Å². The first-order chi connectivity index (χ1) is 15.7. The highest BCUT2D eigenvalue weighted by molar-refractivity contribution is 5.99. The summed E-state index contributed by atoms with van der Waals surface area (Å²) < 4.78 is 7.36. The number of ether oxygens (including phenoxy) is 1. The van der Waals surface area contributed by atoms with Crippen molar-refractivity contribution in [3.8, 4) is 0 Å². The van der Waals surface area contributed by atoms with Gasteiger partial charge < -0.3 is 19.1 Å². The average Bonchev–Trinajstić information content (AvgIpc) is 3.50. The van der Waals surface area contributed by atoms with Gasteiger partial charge in [-0.3, -0.25) is 9.59 Å². The molecular formula is C24H27N5O3. The van der Waals surface area contributed by atoms with Crippen molar-refractivity contribution in [1.29, 1.82) is 0 Å². The molecule has 0 spiro atoms. The second kappa shape index (κ2) is 9.08. The summed E-state index contributed by atoms with van der Waals surface area (Å²) in [5, 5.41) is 0. The fourth-order valence-corrected chi connectivity index (χ4v) is 4.55. The first-order valence-corrected chi connectivity index (χ1v) is 11.2. The van der Waals surface area contributed by atoms with E-state index in [4.69, 9.17) is 4.74 Å². The number of amides is 2. The van der Waals surface area contributed by atoms with E-state index < -0.39 is 6.04 Å². The van der Waals surface area contributed by atoms with E-state index in [-0.39, 0.29) is 11.8 Å². The number of hydrogen-bond donors (Lipinski definition) is 0. The summed E-state index contributed by atoms with van der Waals surface area (Å²) in [7, 11) is 0. The maximum atomic E-state index is 13.3. The molecule has 1 atom stereocenters. The number of fused-ring (bicyclic) bond motifs is 1. The summed E-state index contributed by atoms with van der Waals surface area (Å²) in [6.45, 7) is 3.64. The third-order valence-electron chi connectivity index (χ3n) is 6.31. The largest absolute Gasteiger partial charge is 0.378 e. The molecule has 8 nitrogen and oxygen atoms in total. The first-order valence-electron chi connectivity index (χ1n) is 11.2. The number of aromatic nitrogens is 3. The Morgan fingerprint density at radius 1 is 1.06 bits per heavy atom. The van der Waals surface area contributed by atoms with Crippen molar-refractivity contribution in [3.05, 3.63) is 60.0 Å². The molecule has 5 rings (SSSR count). The van der Waals surface area contributed by atoms with Crippen LogP contribution in [-0.2, 0) is 22.5 Å². The van der Waals surface area contributed by atoms with Gasteiger partial charge in [0, 0.05) is 32.4 Å². The number of likely N-dealkylation sites (tertiary alicyclic amines) is 1. The van der Waals surface area contributed by atoms with E-state index in [1.165, 1.54) is 5.56 Å². The van der Waals surface area contributed by atoms with Gasteiger partial charge in [0.25, 0.3) is 5.91 Å². The van der Waals surface area contributed by atoms with Crippen molar-refractivity contribution in [2.45, 2.75) is 31.8 Å². The van der Waals surface area contributed by atoms with Crippen LogP contribution in [0.4, 0.5) is 0 Å². The standard InChI is InChI=1S/C24H27N5O3/c30-23(29-9-4-7-21(29)24(31)27-11-13-32-14-12-27)19-15-20-22(25-16-19)28(17-26-20)10-8-18-5-2-1-3-6-18/h1-3,5-6,15-17,21H,4,7-14H2/t21-/m0/s1. The number of rotatable bonds is 5. The molecule has 0 unspecified atom stereocenters. The number of benzene rings is 1. The molecule has 0 N–H and O–H groups in total. The smallest absolute Gasteiger partial charge is 0.256 e. The van der Waals surface area contributed by atoms with Crippen LogP contribution in [0.5, 0.6) is 0 Å². The summed E-state index contributed by atoms with van der Waals surface area (Å²) in [5.74, 6) is -0.124. The first kappa shape index (κ1) is 20.6. The Balaban J connectivity index is 1.30. The van der Waals surface area contributed by atoms with Crippen molar-refractivity contribution in [2.24, 2.45) is 0 Å². The SMILES string of the molecule is O=C([C@@H]1CCCN1C(=O)c1cnc2c(c1)ncn2CCc1ccccc1)N1CCOCC1. The molecule has 2 aliphatic rings. The second-order valence-electron chi connectivity index (χ2n) is 8.33. The molecule has 0 aliphatic carbocycles. The van der Waals surface area contributed by atoms with Gasteiger partial charge in [-0.15, -0.1) is 0 Å². The van der Waals surface area contributed by atoms with Crippen molar-refractivity contribution in [2.75, 3.05) is 32.8 Å². The lowest BCUT2D eigenvalue weighted by molar-refractivity contribution is -0.139. The molecule has 0 saturated carbocycles. The summed E-state index contributed by atoms with van der Waals surface area (Å²) in [5.41, 5.74) is 3.19. The van der Waals surface area contributed by atoms with Gasteiger partial charge >= 0.3 is 0 Å². The van der Waals surface area contributed by atoms with Crippen LogP contribution in [0.25, 0.3) is 11.2 Å². The van der Waals surface area contributed by atoms with Gasteiger partial charge in [-0.05, 0) is 30.9 Å². The van der Waals surface area contributed by atoms with Gasteiger partial charge in [0.1, 0.15) is 11.6 Å². The van der Waals surface area contributed by atoms with Gasteiger partial charge in [0.05, 0.1) is 25.1 Å². The Morgan fingerprint density at radius 3 is 2.69 bits per heavy atom. The third kappa shape index (κ3) is 4.10. The van der Waals surface area contributed by atoms with E-state index >= 15 is 0 Å². The third-order valence-corrected chi connectivity index (χ3v) is 6.31. The molecule has 0 radical (unpaired) electrons. The molecule has 2 aliphatic heterocycles. The lowest BCUT2D eigenvalue weighted by Crippen LogP contribution is -2.51. The molecule has 32 heavy (non-hydrogen) atoms. The lowest BCUT2D eigenvalue weighted by atomic mass is 10.1. The molecule has 3 aromatic rings. The zero-order valence-corrected chi connectivity index (χ0v) is 18.0. The number of pyridine rings is 1. The van der Waals surface area contributed by atoms with Crippen LogP contribution in [0.3, 0.4) is 0 Å². The number of aryl methyl sites for hydroxylation is 2. The van der Waals surface area contributed by atoms with Crippen LogP contribution < -0.4 is 0 Å². The Morgan fingerprint density at radius 2 is 1.88 bits per heavy atom. The molecule has 2 amide bonds. The fraction of sp³-hybridized carbons (Fsp3) is 0.417. The maximum Gasteiger partial charge on any atom is 0.256 e. The van der Waals surface area contributed by atoms with E-state index in [1.807, 2.05) is 27.7 Å². The highest BCUT2D eigenvalue weighted by Crippen LogP contribution is 2.23. The van der Waals surface area contributed by atoms with Crippen LogP contribution in [0, 0.1) is 0 Å². The number of carbonyl (C=O) groups excluding carboxylic acids is 2. The molecule has 2 aromatic heterocycles. The van der Waals surface area contributed by atoms with E-state index in [0.717, 1.165) is 25.0 Å². The molecule has 0 bridgehead atoms. The predicted molar refractivity (Wildman–Crippen MR) is 119 cm³/mol. The van der Waals surface area contributed by atoms with E-state index in [0.29, 0.717) is 50.3 Å². The zero-order valence-electron chi connectivity index (χ0n) is 18.0. The number of imidazole rings is 1. The van der Waals surface area contributed by atoms with Gasteiger partial charge in [0.15, 0.2) is 5.65 Å². The van der Waals surface area contributed by atoms with Crippen molar-refractivity contribution < 1.29 is 14.3 Å². The van der Waals surface area contributed by atoms with E-state index in [1.54, 1.807) is 23.5 Å². The summed E-state index contributed by atoms with van der Waals surface area (Å²) in [6.07, 6.45) is 5.80. The highest BCUT2D eigenvalue weighted by Gasteiger charge is 2.37. The Hall–Kier alpha value is -3.26. The normalized spacial score (nSPS) is 18.9. The predicted octanol–water partition coefficient (Wildman–Crippen LogP) is 2.14. The van der Waals surface area contributed by atoms with Crippen LogP contribution >= 0.6 is 0 Å². The number of nitrogens with zero attached hydrogens (tertiary/aromatic N) is 5. The van der Waals surface area contributed by atoms with E-state index in [9.17, 15) is 9.59 Å². The molecular weight excluding hydrogens is 406 g/mol. The minimum absolute atomic E-state index is 0.0263. The summed E-state index contributed by atoms with van der Waals surface area (Å²) >= 11 is 0. The number of morpholine rings is 1. The lowest BCUT2D eigenvalue weighted by Gasteiger charge is -2.32. The zero-order chi connectivity index (χ0) is 21.9. The van der Waals surface area contributed by atoms with Gasteiger partial charge in [-0.1, -0.05) is 30.3 Å². The van der Waals surface area contributed by atoms with Gasteiger partial charge in [0.2, 0.25) is 5.91 Å². The van der Waals surface area contributed by atoms with Crippen LogP contribution in [0.2, 0.25) is 0 Å². The minimum Gasteiger partial charge on any atom is -0.378 e.